The minimum atomic E-state index is -0.488. The maximum absolute atomic E-state index is 13.2. The second kappa shape index (κ2) is 7.57. The van der Waals surface area contributed by atoms with E-state index in [9.17, 15) is 19.7 Å². The van der Waals surface area contributed by atoms with Gasteiger partial charge in [0.05, 0.1) is 16.0 Å². The largest absolute Gasteiger partial charge is 0.342 e. The summed E-state index contributed by atoms with van der Waals surface area (Å²) >= 11 is 0. The van der Waals surface area contributed by atoms with Crippen molar-refractivity contribution in [3.8, 4) is 11.1 Å². The molecular weight excluding hydrogens is 398 g/mol. The fraction of sp³-hybridized carbons (Fsp3) is 0.364. The molecule has 9 nitrogen and oxygen atoms in total. The molecule has 3 aromatic rings. The van der Waals surface area contributed by atoms with Crippen LogP contribution in [-0.2, 0) is 6.42 Å². The predicted octanol–water partition coefficient (Wildman–Crippen LogP) is 3.40. The maximum atomic E-state index is 13.2. The number of non-ortho nitro benzene ring substituents is 1. The van der Waals surface area contributed by atoms with E-state index in [0.717, 1.165) is 32.4 Å². The highest BCUT2D eigenvalue weighted by atomic mass is 16.6. The number of pyridine rings is 1. The van der Waals surface area contributed by atoms with Gasteiger partial charge in [-0.05, 0) is 37.7 Å². The van der Waals surface area contributed by atoms with Crippen molar-refractivity contribution in [2.45, 2.75) is 38.5 Å². The third-order valence-corrected chi connectivity index (χ3v) is 6.01. The normalized spacial score (nSPS) is 16.4. The Labute approximate surface area is 177 Å². The van der Waals surface area contributed by atoms with E-state index < -0.39 is 4.92 Å². The molecule has 0 unspecified atom stereocenters. The standard InChI is InChI=1S/C22H21N5O4/c28-16-9-5-8-15-18(16)17(13-6-4-7-14(12-13)27(30)31)19-20(23-15)24-22(25-21(19)29)26-10-2-1-3-11-26/h4,6-7,12H,1-3,5,8-11H2,(H,23,24,25,29). The fourth-order valence-corrected chi connectivity index (χ4v) is 4.55. The first kappa shape index (κ1) is 19.3. The van der Waals surface area contributed by atoms with Crippen LogP contribution in [0.15, 0.2) is 29.1 Å². The molecule has 0 bridgehead atoms. The minimum absolute atomic E-state index is 0.100. The Morgan fingerprint density at radius 1 is 1.00 bits per heavy atom. The smallest absolute Gasteiger partial charge is 0.270 e. The first-order valence-corrected chi connectivity index (χ1v) is 10.5. The first-order chi connectivity index (χ1) is 15.0. The number of hydrogen-bond donors (Lipinski definition) is 1. The van der Waals surface area contributed by atoms with E-state index in [-0.39, 0.29) is 28.1 Å². The number of aryl methyl sites for hydroxylation is 1. The SMILES string of the molecule is O=C1CCCc2nc3nc(N4CCCCC4)[nH]c(=O)c3c(-c3cccc([N+](=O)[O-])c3)c21. The third-order valence-electron chi connectivity index (χ3n) is 6.01. The molecule has 9 heteroatoms. The van der Waals surface area contributed by atoms with Crippen LogP contribution in [0, 0.1) is 10.1 Å². The molecule has 0 spiro atoms. The lowest BCUT2D eigenvalue weighted by Crippen LogP contribution is -2.32. The predicted molar refractivity (Wildman–Crippen MR) is 116 cm³/mol. The van der Waals surface area contributed by atoms with Crippen molar-refractivity contribution in [3.05, 3.63) is 56.0 Å². The zero-order valence-electron chi connectivity index (χ0n) is 16.9. The summed E-state index contributed by atoms with van der Waals surface area (Å²) in [5.74, 6) is 0.383. The topological polar surface area (TPSA) is 122 Å². The molecule has 0 radical (unpaired) electrons. The molecule has 158 valence electrons. The summed E-state index contributed by atoms with van der Waals surface area (Å²) in [6.07, 6.45) is 4.87. The lowest BCUT2D eigenvalue weighted by Gasteiger charge is -2.27. The van der Waals surface area contributed by atoms with Crippen LogP contribution < -0.4 is 10.5 Å². The number of aromatic amines is 1. The van der Waals surface area contributed by atoms with Gasteiger partial charge >= 0.3 is 0 Å². The summed E-state index contributed by atoms with van der Waals surface area (Å²) in [5.41, 5.74) is 1.62. The summed E-state index contributed by atoms with van der Waals surface area (Å²) in [7, 11) is 0. The number of nitrogens with one attached hydrogen (secondary N) is 1. The molecular formula is C22H21N5O4. The number of nitro benzene ring substituents is 1. The highest BCUT2D eigenvalue weighted by Gasteiger charge is 2.28. The third kappa shape index (κ3) is 3.35. The Kier molecular flexibility index (Phi) is 4.72. The molecule has 0 atom stereocenters. The van der Waals surface area contributed by atoms with Crippen molar-refractivity contribution in [1.29, 1.82) is 0 Å². The molecule has 0 amide bonds. The molecule has 1 aromatic carbocycles. The number of fused-ring (bicyclic) bond motifs is 2. The number of piperidine rings is 1. The fourth-order valence-electron chi connectivity index (χ4n) is 4.55. The Morgan fingerprint density at radius 3 is 2.58 bits per heavy atom. The van der Waals surface area contributed by atoms with Crippen LogP contribution in [0.25, 0.3) is 22.2 Å². The lowest BCUT2D eigenvalue weighted by molar-refractivity contribution is -0.384. The maximum Gasteiger partial charge on any atom is 0.270 e. The van der Waals surface area contributed by atoms with E-state index in [4.69, 9.17) is 0 Å². The van der Waals surface area contributed by atoms with Crippen LogP contribution in [-0.4, -0.2) is 38.7 Å². The van der Waals surface area contributed by atoms with Gasteiger partial charge in [-0.3, -0.25) is 24.7 Å². The summed E-state index contributed by atoms with van der Waals surface area (Å²) in [5, 5.41) is 11.5. The average Bonchev–Trinajstić information content (AvgIpc) is 2.78. The van der Waals surface area contributed by atoms with Gasteiger partial charge in [-0.1, -0.05) is 12.1 Å². The molecule has 1 fully saturated rings. The van der Waals surface area contributed by atoms with Crippen molar-refractivity contribution in [1.82, 2.24) is 15.0 Å². The van der Waals surface area contributed by atoms with E-state index in [0.29, 0.717) is 47.6 Å². The number of benzene rings is 1. The van der Waals surface area contributed by atoms with E-state index in [2.05, 4.69) is 15.0 Å². The highest BCUT2D eigenvalue weighted by Crippen LogP contribution is 2.36. The van der Waals surface area contributed by atoms with Gasteiger partial charge < -0.3 is 4.90 Å². The van der Waals surface area contributed by atoms with Gasteiger partial charge in [-0.2, -0.15) is 4.98 Å². The first-order valence-electron chi connectivity index (χ1n) is 10.5. The van der Waals surface area contributed by atoms with Gasteiger partial charge in [-0.25, -0.2) is 4.98 Å². The van der Waals surface area contributed by atoms with Crippen LogP contribution >= 0.6 is 0 Å². The number of hydrogen-bond acceptors (Lipinski definition) is 7. The molecule has 1 aliphatic carbocycles. The monoisotopic (exact) mass is 419 g/mol. The average molecular weight is 419 g/mol. The Balaban J connectivity index is 1.81. The number of ketones is 1. The zero-order chi connectivity index (χ0) is 21.5. The Morgan fingerprint density at radius 2 is 1.81 bits per heavy atom. The number of rotatable bonds is 3. The van der Waals surface area contributed by atoms with Crippen molar-refractivity contribution >= 4 is 28.5 Å². The number of carbonyl (C=O) groups excluding carboxylic acids is 1. The molecule has 0 saturated carbocycles. The number of nitrogens with zero attached hydrogens (tertiary/aromatic N) is 4. The van der Waals surface area contributed by atoms with E-state index >= 15 is 0 Å². The molecule has 2 aliphatic rings. The van der Waals surface area contributed by atoms with E-state index in [1.807, 2.05) is 4.90 Å². The van der Waals surface area contributed by atoms with Crippen molar-refractivity contribution in [2.24, 2.45) is 0 Å². The Hall–Kier alpha value is -3.62. The Bertz CT molecular complexity index is 1280. The van der Waals surface area contributed by atoms with Crippen LogP contribution in [0.4, 0.5) is 11.6 Å². The molecule has 1 aliphatic heterocycles. The second-order valence-electron chi connectivity index (χ2n) is 8.03. The van der Waals surface area contributed by atoms with Crippen LogP contribution in [0.3, 0.4) is 0 Å². The van der Waals surface area contributed by atoms with Crippen molar-refractivity contribution in [2.75, 3.05) is 18.0 Å². The summed E-state index contributed by atoms with van der Waals surface area (Å²) in [4.78, 5) is 51.1. The number of H-pyrrole nitrogens is 1. The molecule has 3 heterocycles. The van der Waals surface area contributed by atoms with Gasteiger partial charge in [0.1, 0.15) is 0 Å². The van der Waals surface area contributed by atoms with Crippen LogP contribution in [0.5, 0.6) is 0 Å². The minimum Gasteiger partial charge on any atom is -0.342 e. The molecule has 5 rings (SSSR count). The molecule has 1 N–H and O–H groups in total. The molecule has 31 heavy (non-hydrogen) atoms. The van der Waals surface area contributed by atoms with Gasteiger partial charge in [0.2, 0.25) is 5.95 Å². The van der Waals surface area contributed by atoms with Gasteiger partial charge in [0.15, 0.2) is 11.4 Å². The van der Waals surface area contributed by atoms with Gasteiger partial charge in [-0.15, -0.1) is 0 Å². The molecule has 1 saturated heterocycles. The number of nitro groups is 1. The zero-order valence-corrected chi connectivity index (χ0v) is 16.9. The van der Waals surface area contributed by atoms with Gasteiger partial charge in [0, 0.05) is 42.8 Å². The number of aromatic nitrogens is 3. The lowest BCUT2D eigenvalue weighted by atomic mass is 9.86. The number of anilines is 1. The van der Waals surface area contributed by atoms with Crippen LogP contribution in [0.1, 0.15) is 48.2 Å². The highest BCUT2D eigenvalue weighted by molar-refractivity contribution is 6.10. The van der Waals surface area contributed by atoms with Crippen LogP contribution in [0.2, 0.25) is 0 Å². The van der Waals surface area contributed by atoms with Crippen molar-refractivity contribution in [3.63, 3.8) is 0 Å². The van der Waals surface area contributed by atoms with E-state index in [1.165, 1.54) is 12.1 Å². The summed E-state index contributed by atoms with van der Waals surface area (Å²) in [6.45, 7) is 1.63. The van der Waals surface area contributed by atoms with Gasteiger partial charge in [0.25, 0.3) is 11.2 Å². The van der Waals surface area contributed by atoms with Crippen molar-refractivity contribution < 1.29 is 9.72 Å². The number of Topliss-reactive ketones (excluding diaryl/α,β-unsaturated/α-hetero) is 1. The number of carbonyl (C=O) groups is 1. The van der Waals surface area contributed by atoms with E-state index in [1.54, 1.807) is 12.1 Å². The quantitative estimate of drug-likeness (QED) is 0.510. The second-order valence-corrected chi connectivity index (χ2v) is 8.03. The molecule has 2 aromatic heterocycles. The summed E-state index contributed by atoms with van der Waals surface area (Å²) < 4.78 is 0. The summed E-state index contributed by atoms with van der Waals surface area (Å²) in [6, 6.07) is 6.03.